The number of carbonyl (C=O) groups excluding carboxylic acids is 1. The van der Waals surface area contributed by atoms with E-state index in [1.54, 1.807) is 0 Å². The van der Waals surface area contributed by atoms with Crippen LogP contribution in [0.5, 0.6) is 0 Å². The maximum Gasteiger partial charge on any atom is 0.222 e. The van der Waals surface area contributed by atoms with Crippen LogP contribution in [0.25, 0.3) is 0 Å². The molecule has 2 heterocycles. The number of hydrogen-bond donors (Lipinski definition) is 1. The van der Waals surface area contributed by atoms with Gasteiger partial charge in [0.25, 0.3) is 0 Å². The SMILES string of the molecule is CC1CSCCN1C(=O)CCC1CCNC1. The Morgan fingerprint density at radius 2 is 2.44 bits per heavy atom. The molecule has 0 aliphatic carbocycles. The molecule has 1 amide bonds. The molecule has 2 atom stereocenters. The van der Waals surface area contributed by atoms with Gasteiger partial charge in [0.1, 0.15) is 0 Å². The van der Waals surface area contributed by atoms with Crippen molar-refractivity contribution in [3.8, 4) is 0 Å². The van der Waals surface area contributed by atoms with E-state index in [-0.39, 0.29) is 0 Å². The molecule has 3 nitrogen and oxygen atoms in total. The smallest absolute Gasteiger partial charge is 0.222 e. The molecular weight excluding hydrogens is 220 g/mol. The van der Waals surface area contributed by atoms with Gasteiger partial charge < -0.3 is 10.2 Å². The van der Waals surface area contributed by atoms with E-state index < -0.39 is 0 Å². The summed E-state index contributed by atoms with van der Waals surface area (Å²) >= 11 is 1.96. The molecule has 4 heteroatoms. The Hall–Kier alpha value is -0.220. The first-order valence-electron chi connectivity index (χ1n) is 6.35. The van der Waals surface area contributed by atoms with Gasteiger partial charge in [0.15, 0.2) is 0 Å². The molecule has 2 unspecified atom stereocenters. The van der Waals surface area contributed by atoms with Crippen molar-refractivity contribution in [1.29, 1.82) is 0 Å². The summed E-state index contributed by atoms with van der Waals surface area (Å²) in [6, 6.07) is 0.438. The maximum absolute atomic E-state index is 12.1. The molecule has 0 aromatic carbocycles. The van der Waals surface area contributed by atoms with Crippen molar-refractivity contribution in [1.82, 2.24) is 10.2 Å². The monoisotopic (exact) mass is 242 g/mol. The average Bonchev–Trinajstić information content (AvgIpc) is 2.79. The van der Waals surface area contributed by atoms with Crippen LogP contribution in [0, 0.1) is 5.92 Å². The largest absolute Gasteiger partial charge is 0.338 e. The van der Waals surface area contributed by atoms with Crippen LogP contribution in [0.4, 0.5) is 0 Å². The normalized spacial score (nSPS) is 30.7. The number of rotatable bonds is 3. The highest BCUT2D eigenvalue weighted by Gasteiger charge is 2.24. The minimum Gasteiger partial charge on any atom is -0.338 e. The molecule has 16 heavy (non-hydrogen) atoms. The molecule has 2 aliphatic rings. The third-order valence-corrected chi connectivity index (χ3v) is 4.81. The highest BCUT2D eigenvalue weighted by Crippen LogP contribution is 2.19. The molecule has 1 N–H and O–H groups in total. The summed E-state index contributed by atoms with van der Waals surface area (Å²) in [5.41, 5.74) is 0. The number of thioether (sulfide) groups is 1. The van der Waals surface area contributed by atoms with Gasteiger partial charge in [-0.25, -0.2) is 0 Å². The van der Waals surface area contributed by atoms with Crippen LogP contribution >= 0.6 is 11.8 Å². The van der Waals surface area contributed by atoms with Crippen molar-refractivity contribution in [2.24, 2.45) is 5.92 Å². The van der Waals surface area contributed by atoms with Crippen molar-refractivity contribution in [3.63, 3.8) is 0 Å². The summed E-state index contributed by atoms with van der Waals surface area (Å²) in [7, 11) is 0. The zero-order chi connectivity index (χ0) is 11.4. The Labute approximate surface area is 102 Å². The predicted octanol–water partition coefficient (Wildman–Crippen LogP) is 1.34. The summed E-state index contributed by atoms with van der Waals surface area (Å²) in [4.78, 5) is 14.1. The van der Waals surface area contributed by atoms with E-state index >= 15 is 0 Å². The lowest BCUT2D eigenvalue weighted by atomic mass is 10.0. The lowest BCUT2D eigenvalue weighted by Gasteiger charge is -2.33. The minimum absolute atomic E-state index is 0.375. The van der Waals surface area contributed by atoms with Crippen LogP contribution in [0.15, 0.2) is 0 Å². The Bertz CT molecular complexity index is 241. The van der Waals surface area contributed by atoms with Gasteiger partial charge in [-0.15, -0.1) is 0 Å². The quantitative estimate of drug-likeness (QED) is 0.810. The van der Waals surface area contributed by atoms with E-state index in [1.165, 1.54) is 6.42 Å². The van der Waals surface area contributed by atoms with Crippen LogP contribution in [0.2, 0.25) is 0 Å². The molecule has 92 valence electrons. The van der Waals surface area contributed by atoms with Gasteiger partial charge >= 0.3 is 0 Å². The first kappa shape index (κ1) is 12.2. The molecule has 2 fully saturated rings. The topological polar surface area (TPSA) is 32.3 Å². The van der Waals surface area contributed by atoms with Crippen molar-refractivity contribution in [3.05, 3.63) is 0 Å². The van der Waals surface area contributed by atoms with E-state index in [0.29, 0.717) is 11.9 Å². The third-order valence-electron chi connectivity index (χ3n) is 3.62. The molecule has 0 aromatic rings. The highest BCUT2D eigenvalue weighted by atomic mass is 32.2. The standard InChI is InChI=1S/C12H22N2OS/c1-10-9-16-7-6-14(10)12(15)3-2-11-4-5-13-8-11/h10-11,13H,2-9H2,1H3. The first-order valence-corrected chi connectivity index (χ1v) is 7.51. The molecule has 0 saturated carbocycles. The number of carbonyl (C=O) groups is 1. The van der Waals surface area contributed by atoms with Gasteiger partial charge in [0.2, 0.25) is 5.91 Å². The second kappa shape index (κ2) is 5.92. The molecule has 2 aliphatic heterocycles. The van der Waals surface area contributed by atoms with Crippen molar-refractivity contribution in [2.45, 2.75) is 32.2 Å². The van der Waals surface area contributed by atoms with Crippen LogP contribution in [0.1, 0.15) is 26.2 Å². The summed E-state index contributed by atoms with van der Waals surface area (Å²) in [6.45, 7) is 5.36. The minimum atomic E-state index is 0.375. The fourth-order valence-electron chi connectivity index (χ4n) is 2.53. The molecule has 0 spiro atoms. The Kier molecular flexibility index (Phi) is 4.53. The Balaban J connectivity index is 1.73. The molecule has 0 bridgehead atoms. The molecular formula is C12H22N2OS. The lowest BCUT2D eigenvalue weighted by molar-refractivity contribution is -0.132. The second-order valence-electron chi connectivity index (χ2n) is 4.91. The fraction of sp³-hybridized carbons (Fsp3) is 0.917. The number of nitrogens with zero attached hydrogens (tertiary/aromatic N) is 1. The lowest BCUT2D eigenvalue weighted by Crippen LogP contribution is -2.44. The summed E-state index contributed by atoms with van der Waals surface area (Å²) in [5, 5.41) is 3.36. The van der Waals surface area contributed by atoms with Crippen LogP contribution < -0.4 is 5.32 Å². The van der Waals surface area contributed by atoms with Gasteiger partial charge in [-0.3, -0.25) is 4.79 Å². The predicted molar refractivity (Wildman–Crippen MR) is 68.7 cm³/mol. The molecule has 0 radical (unpaired) electrons. The summed E-state index contributed by atoms with van der Waals surface area (Å²) in [6.07, 6.45) is 3.07. The maximum atomic E-state index is 12.1. The van der Waals surface area contributed by atoms with Gasteiger partial charge in [0, 0.05) is 30.5 Å². The highest BCUT2D eigenvalue weighted by molar-refractivity contribution is 7.99. The Morgan fingerprint density at radius 1 is 1.56 bits per heavy atom. The molecule has 2 saturated heterocycles. The summed E-state index contributed by atoms with van der Waals surface area (Å²) < 4.78 is 0. The number of amides is 1. The summed E-state index contributed by atoms with van der Waals surface area (Å²) in [5.74, 6) is 3.33. The zero-order valence-electron chi connectivity index (χ0n) is 10.1. The van der Waals surface area contributed by atoms with Crippen LogP contribution in [-0.2, 0) is 4.79 Å². The van der Waals surface area contributed by atoms with Crippen molar-refractivity contribution in [2.75, 3.05) is 31.1 Å². The third kappa shape index (κ3) is 3.14. The van der Waals surface area contributed by atoms with Crippen LogP contribution in [-0.4, -0.2) is 48.0 Å². The van der Waals surface area contributed by atoms with Gasteiger partial charge in [-0.2, -0.15) is 11.8 Å². The van der Waals surface area contributed by atoms with Crippen LogP contribution in [0.3, 0.4) is 0 Å². The Morgan fingerprint density at radius 3 is 3.12 bits per heavy atom. The molecule has 0 aromatic heterocycles. The van der Waals surface area contributed by atoms with E-state index in [9.17, 15) is 4.79 Å². The zero-order valence-corrected chi connectivity index (χ0v) is 10.9. The molecule has 2 rings (SSSR count). The van der Waals surface area contributed by atoms with E-state index in [1.807, 2.05) is 11.8 Å². The van der Waals surface area contributed by atoms with E-state index in [4.69, 9.17) is 0 Å². The number of nitrogens with one attached hydrogen (secondary N) is 1. The van der Waals surface area contributed by atoms with Crippen molar-refractivity contribution < 1.29 is 4.79 Å². The van der Waals surface area contributed by atoms with Crippen molar-refractivity contribution >= 4 is 17.7 Å². The van der Waals surface area contributed by atoms with Gasteiger partial charge in [0.05, 0.1) is 0 Å². The van der Waals surface area contributed by atoms with E-state index in [0.717, 1.165) is 49.9 Å². The van der Waals surface area contributed by atoms with E-state index in [2.05, 4.69) is 17.1 Å². The van der Waals surface area contributed by atoms with Gasteiger partial charge in [-0.05, 0) is 38.8 Å². The van der Waals surface area contributed by atoms with Gasteiger partial charge in [-0.1, -0.05) is 0 Å². The first-order chi connectivity index (χ1) is 7.77. The number of hydrogen-bond acceptors (Lipinski definition) is 3. The second-order valence-corrected chi connectivity index (χ2v) is 6.06. The average molecular weight is 242 g/mol. The fourth-order valence-corrected chi connectivity index (χ4v) is 3.54.